The van der Waals surface area contributed by atoms with E-state index < -0.39 is 34.5 Å². The van der Waals surface area contributed by atoms with Crippen LogP contribution in [0.1, 0.15) is 11.4 Å². The third-order valence-corrected chi connectivity index (χ3v) is 5.54. The summed E-state index contributed by atoms with van der Waals surface area (Å²) in [5.74, 6) is -1.84. The minimum atomic E-state index is -4.12. The third kappa shape index (κ3) is 2.51. The first-order valence-electron chi connectivity index (χ1n) is 6.17. The van der Waals surface area contributed by atoms with E-state index in [9.17, 15) is 23.1 Å². The van der Waals surface area contributed by atoms with Gasteiger partial charge in [-0.3, -0.25) is 14.3 Å². The Hall–Kier alpha value is -1.94. The molecule has 21 heavy (non-hydrogen) atoms. The summed E-state index contributed by atoms with van der Waals surface area (Å²) < 4.78 is 27.6. The molecule has 0 aliphatic carbocycles. The third-order valence-electron chi connectivity index (χ3n) is 3.43. The van der Waals surface area contributed by atoms with Crippen molar-refractivity contribution in [2.75, 3.05) is 13.1 Å². The lowest BCUT2D eigenvalue weighted by Gasteiger charge is -2.31. The molecule has 1 aliphatic heterocycles. The number of rotatable bonds is 3. The molecule has 0 aromatic carbocycles. The van der Waals surface area contributed by atoms with Crippen LogP contribution in [-0.2, 0) is 26.7 Å². The van der Waals surface area contributed by atoms with Crippen molar-refractivity contribution in [3.05, 3.63) is 11.4 Å². The zero-order valence-corrected chi connectivity index (χ0v) is 12.6. The van der Waals surface area contributed by atoms with Gasteiger partial charge < -0.3 is 10.4 Å². The van der Waals surface area contributed by atoms with Crippen LogP contribution in [0.3, 0.4) is 0 Å². The molecule has 1 aromatic rings. The van der Waals surface area contributed by atoms with Crippen LogP contribution in [-0.4, -0.2) is 58.6 Å². The predicted molar refractivity (Wildman–Crippen MR) is 71.0 cm³/mol. The fraction of sp³-hybridized carbons (Fsp3) is 0.545. The number of carboxylic acids is 1. The van der Waals surface area contributed by atoms with Crippen molar-refractivity contribution >= 4 is 21.9 Å². The molecule has 0 saturated carbocycles. The van der Waals surface area contributed by atoms with Crippen LogP contribution >= 0.6 is 0 Å². The largest absolute Gasteiger partial charge is 0.480 e. The number of amides is 1. The van der Waals surface area contributed by atoms with Gasteiger partial charge in [-0.2, -0.15) is 9.40 Å². The molecule has 1 atom stereocenters. The highest BCUT2D eigenvalue weighted by Crippen LogP contribution is 2.25. The van der Waals surface area contributed by atoms with E-state index in [0.717, 1.165) is 0 Å². The molecule has 1 saturated heterocycles. The number of aryl methyl sites for hydroxylation is 2. The van der Waals surface area contributed by atoms with Crippen LogP contribution in [0.2, 0.25) is 0 Å². The maximum atomic E-state index is 12.7. The van der Waals surface area contributed by atoms with Crippen molar-refractivity contribution < 1.29 is 23.1 Å². The SMILES string of the molecule is Cc1nn(C)c(C)c1S(=O)(=O)N1CC(=O)NCC1C(=O)O. The van der Waals surface area contributed by atoms with Gasteiger partial charge in [-0.25, -0.2) is 8.42 Å². The van der Waals surface area contributed by atoms with Crippen molar-refractivity contribution in [2.24, 2.45) is 7.05 Å². The molecule has 2 rings (SSSR count). The number of nitrogens with one attached hydrogen (secondary N) is 1. The Morgan fingerprint density at radius 3 is 2.52 bits per heavy atom. The minimum absolute atomic E-state index is 0.0500. The van der Waals surface area contributed by atoms with Crippen LogP contribution in [0.5, 0.6) is 0 Å². The van der Waals surface area contributed by atoms with E-state index in [-0.39, 0.29) is 17.1 Å². The van der Waals surface area contributed by atoms with E-state index in [2.05, 4.69) is 10.4 Å². The van der Waals surface area contributed by atoms with E-state index >= 15 is 0 Å². The zero-order valence-electron chi connectivity index (χ0n) is 11.8. The number of nitrogens with zero attached hydrogens (tertiary/aromatic N) is 3. The Morgan fingerprint density at radius 1 is 1.43 bits per heavy atom. The molecule has 1 unspecified atom stereocenters. The number of hydrogen-bond acceptors (Lipinski definition) is 5. The number of carboxylic acid groups (broad SMARTS) is 1. The van der Waals surface area contributed by atoms with Gasteiger partial charge in [-0.15, -0.1) is 0 Å². The summed E-state index contributed by atoms with van der Waals surface area (Å²) in [5, 5.41) is 15.5. The fourth-order valence-electron chi connectivity index (χ4n) is 2.33. The summed E-state index contributed by atoms with van der Waals surface area (Å²) >= 11 is 0. The molecule has 9 nitrogen and oxygen atoms in total. The standard InChI is InChI=1S/C11H16N4O5S/c1-6-10(7(2)14(3)13-6)21(19,20)15-5-9(16)12-4-8(15)11(17)18/h8H,4-5H2,1-3H3,(H,12,16)(H,17,18). The highest BCUT2D eigenvalue weighted by molar-refractivity contribution is 7.89. The van der Waals surface area contributed by atoms with Crippen molar-refractivity contribution in [3.8, 4) is 0 Å². The van der Waals surface area contributed by atoms with Gasteiger partial charge in [0.05, 0.1) is 17.9 Å². The van der Waals surface area contributed by atoms with Crippen LogP contribution in [0.15, 0.2) is 4.90 Å². The van der Waals surface area contributed by atoms with Crippen LogP contribution in [0, 0.1) is 13.8 Å². The van der Waals surface area contributed by atoms with Crippen molar-refractivity contribution in [2.45, 2.75) is 24.8 Å². The second-order valence-corrected chi connectivity index (χ2v) is 6.66. The molecule has 2 N–H and O–H groups in total. The van der Waals surface area contributed by atoms with E-state index in [1.807, 2.05) is 0 Å². The molecule has 1 aromatic heterocycles. The molecular weight excluding hydrogens is 300 g/mol. The second-order valence-electron chi connectivity index (χ2n) is 4.83. The first kappa shape index (κ1) is 15.4. The summed E-state index contributed by atoms with van der Waals surface area (Å²) in [5.41, 5.74) is 0.660. The van der Waals surface area contributed by atoms with Gasteiger partial charge in [-0.05, 0) is 13.8 Å². The lowest BCUT2D eigenvalue weighted by atomic mass is 10.2. The number of aromatic nitrogens is 2. The Labute approximate surface area is 121 Å². The van der Waals surface area contributed by atoms with Gasteiger partial charge in [0.2, 0.25) is 15.9 Å². The number of sulfonamides is 1. The van der Waals surface area contributed by atoms with E-state index in [4.69, 9.17) is 0 Å². The molecule has 2 heterocycles. The number of hydrogen-bond donors (Lipinski definition) is 2. The normalized spacial score (nSPS) is 20.3. The average Bonchev–Trinajstić information content (AvgIpc) is 2.63. The molecule has 1 amide bonds. The summed E-state index contributed by atoms with van der Waals surface area (Å²) in [6.45, 7) is 2.32. The molecule has 0 spiro atoms. The molecule has 0 radical (unpaired) electrons. The number of piperazine rings is 1. The molecule has 1 aliphatic rings. The molecule has 116 valence electrons. The van der Waals surface area contributed by atoms with E-state index in [0.29, 0.717) is 10.00 Å². The van der Waals surface area contributed by atoms with Crippen molar-refractivity contribution in [3.63, 3.8) is 0 Å². The predicted octanol–water partition coefficient (Wildman–Crippen LogP) is -1.39. The highest BCUT2D eigenvalue weighted by atomic mass is 32.2. The fourth-order valence-corrected chi connectivity index (χ4v) is 4.27. The first-order chi connectivity index (χ1) is 9.66. The van der Waals surface area contributed by atoms with Crippen LogP contribution < -0.4 is 5.32 Å². The van der Waals surface area contributed by atoms with Crippen LogP contribution in [0.4, 0.5) is 0 Å². The number of carbonyl (C=O) groups is 2. The van der Waals surface area contributed by atoms with Crippen molar-refractivity contribution in [1.82, 2.24) is 19.4 Å². The van der Waals surface area contributed by atoms with Crippen molar-refractivity contribution in [1.29, 1.82) is 0 Å². The molecular formula is C11H16N4O5S. The Kier molecular flexibility index (Phi) is 3.76. The highest BCUT2D eigenvalue weighted by Gasteiger charge is 2.42. The summed E-state index contributed by atoms with van der Waals surface area (Å²) in [6.07, 6.45) is 0. The van der Waals surface area contributed by atoms with Gasteiger partial charge in [0, 0.05) is 13.6 Å². The van der Waals surface area contributed by atoms with Crippen LogP contribution in [0.25, 0.3) is 0 Å². The summed E-state index contributed by atoms with van der Waals surface area (Å²) in [7, 11) is -2.53. The van der Waals surface area contributed by atoms with Gasteiger partial charge >= 0.3 is 5.97 Å². The van der Waals surface area contributed by atoms with E-state index in [1.165, 1.54) is 11.6 Å². The monoisotopic (exact) mass is 316 g/mol. The summed E-state index contributed by atoms with van der Waals surface area (Å²) in [6, 6.07) is -1.33. The lowest BCUT2D eigenvalue weighted by Crippen LogP contribution is -2.59. The minimum Gasteiger partial charge on any atom is -0.480 e. The molecule has 1 fully saturated rings. The quantitative estimate of drug-likeness (QED) is 0.708. The Morgan fingerprint density at radius 2 is 2.05 bits per heavy atom. The first-order valence-corrected chi connectivity index (χ1v) is 7.61. The Balaban J connectivity index is 2.55. The zero-order chi connectivity index (χ0) is 15.9. The Bertz CT molecular complexity index is 708. The smallest absolute Gasteiger partial charge is 0.323 e. The second kappa shape index (κ2) is 5.11. The molecule has 0 bridgehead atoms. The number of carbonyl (C=O) groups excluding carboxylic acids is 1. The van der Waals surface area contributed by atoms with Gasteiger partial charge in [0.1, 0.15) is 10.9 Å². The van der Waals surface area contributed by atoms with Gasteiger partial charge in [0.25, 0.3) is 0 Å². The lowest BCUT2D eigenvalue weighted by molar-refractivity contribution is -0.143. The number of aliphatic carboxylic acids is 1. The van der Waals surface area contributed by atoms with E-state index in [1.54, 1.807) is 14.0 Å². The summed E-state index contributed by atoms with van der Waals surface area (Å²) in [4.78, 5) is 22.7. The maximum Gasteiger partial charge on any atom is 0.323 e. The maximum absolute atomic E-state index is 12.7. The van der Waals surface area contributed by atoms with Gasteiger partial charge in [-0.1, -0.05) is 0 Å². The van der Waals surface area contributed by atoms with Gasteiger partial charge in [0.15, 0.2) is 0 Å². The molecule has 10 heteroatoms. The topological polar surface area (TPSA) is 122 Å². The average molecular weight is 316 g/mol.